The molecule has 0 atom stereocenters. The molecule has 0 aliphatic carbocycles. The number of carbonyl (C=O) groups is 1. The van der Waals surface area contributed by atoms with Crippen LogP contribution in [0.4, 0.5) is 0 Å². The van der Waals surface area contributed by atoms with Crippen LogP contribution >= 0.6 is 0 Å². The summed E-state index contributed by atoms with van der Waals surface area (Å²) in [6.07, 6.45) is 1.77. The van der Waals surface area contributed by atoms with Crippen molar-refractivity contribution >= 4 is 15.6 Å². The van der Waals surface area contributed by atoms with Crippen LogP contribution in [0.3, 0.4) is 0 Å². The van der Waals surface area contributed by atoms with Crippen LogP contribution in [0.1, 0.15) is 40.0 Å². The molecule has 4 heteroatoms. The molecule has 0 aromatic rings. The van der Waals surface area contributed by atoms with Gasteiger partial charge in [0.2, 0.25) is 0 Å². The van der Waals surface area contributed by atoms with Gasteiger partial charge in [0, 0.05) is 6.42 Å². The highest BCUT2D eigenvalue weighted by Gasteiger charge is 2.14. The summed E-state index contributed by atoms with van der Waals surface area (Å²) in [5, 5.41) is -0.301. The lowest BCUT2D eigenvalue weighted by molar-refractivity contribution is -0.117. The van der Waals surface area contributed by atoms with Crippen molar-refractivity contribution in [3.05, 3.63) is 0 Å². The number of hydrogen-bond acceptors (Lipinski definition) is 3. The monoisotopic (exact) mass is 206 g/mol. The second-order valence-corrected chi connectivity index (χ2v) is 6.25. The fourth-order valence-corrected chi connectivity index (χ4v) is 1.99. The van der Waals surface area contributed by atoms with Crippen molar-refractivity contribution in [3.8, 4) is 0 Å². The largest absolute Gasteiger partial charge is 0.300 e. The molecule has 0 rings (SSSR count). The van der Waals surface area contributed by atoms with Gasteiger partial charge in [0.25, 0.3) is 0 Å². The maximum absolute atomic E-state index is 11.3. The smallest absolute Gasteiger partial charge is 0.152 e. The molecule has 3 nitrogen and oxygen atoms in total. The Bertz CT molecular complexity index is 252. The van der Waals surface area contributed by atoms with Gasteiger partial charge in [-0.15, -0.1) is 0 Å². The van der Waals surface area contributed by atoms with Crippen molar-refractivity contribution in [1.82, 2.24) is 0 Å². The molecule has 0 amide bonds. The standard InChI is InChI=1S/C9H18O3S/c1-8(2)13(11,12)7-5-4-6-9(3)10/h8H,4-7H2,1-3H3. The molecule has 0 spiro atoms. The lowest BCUT2D eigenvalue weighted by atomic mass is 10.2. The summed E-state index contributed by atoms with van der Waals surface area (Å²) in [7, 11) is -2.91. The summed E-state index contributed by atoms with van der Waals surface area (Å²) in [4.78, 5) is 10.6. The molecular formula is C9H18O3S. The molecule has 0 radical (unpaired) electrons. The Labute approximate surface area is 80.4 Å². The minimum atomic E-state index is -2.91. The predicted molar refractivity (Wildman–Crippen MR) is 53.5 cm³/mol. The van der Waals surface area contributed by atoms with Crippen molar-refractivity contribution in [2.45, 2.75) is 45.3 Å². The number of sulfone groups is 1. The Morgan fingerprint density at radius 3 is 2.15 bits per heavy atom. The van der Waals surface area contributed by atoms with Gasteiger partial charge in [0.15, 0.2) is 9.84 Å². The van der Waals surface area contributed by atoms with Gasteiger partial charge in [-0.1, -0.05) is 0 Å². The van der Waals surface area contributed by atoms with Gasteiger partial charge in [-0.05, 0) is 33.6 Å². The summed E-state index contributed by atoms with van der Waals surface area (Å²) in [5.41, 5.74) is 0. The lowest BCUT2D eigenvalue weighted by Gasteiger charge is -2.06. The minimum Gasteiger partial charge on any atom is -0.300 e. The summed E-state index contributed by atoms with van der Waals surface area (Å²) >= 11 is 0. The summed E-state index contributed by atoms with van der Waals surface area (Å²) in [6.45, 7) is 4.89. The highest BCUT2D eigenvalue weighted by Crippen LogP contribution is 2.05. The van der Waals surface area contributed by atoms with E-state index in [1.807, 2.05) is 0 Å². The van der Waals surface area contributed by atoms with Crippen LogP contribution < -0.4 is 0 Å². The number of ketones is 1. The molecule has 0 N–H and O–H groups in total. The third-order valence-electron chi connectivity index (χ3n) is 1.93. The number of unbranched alkanes of at least 4 members (excludes halogenated alkanes) is 1. The molecule has 0 aliphatic rings. The average molecular weight is 206 g/mol. The Kier molecular flexibility index (Phi) is 5.21. The summed E-state index contributed by atoms with van der Waals surface area (Å²) in [6, 6.07) is 0. The summed E-state index contributed by atoms with van der Waals surface area (Å²) < 4.78 is 22.6. The van der Waals surface area contributed by atoms with Crippen LogP contribution in [0.5, 0.6) is 0 Å². The fourth-order valence-electron chi connectivity index (χ4n) is 0.913. The second-order valence-electron chi connectivity index (χ2n) is 3.57. The molecule has 0 unspecified atom stereocenters. The zero-order valence-electron chi connectivity index (χ0n) is 8.54. The first kappa shape index (κ1) is 12.6. The highest BCUT2D eigenvalue weighted by molar-refractivity contribution is 7.91. The molecule has 78 valence electrons. The molecule has 0 saturated carbocycles. The zero-order valence-corrected chi connectivity index (χ0v) is 9.36. The SMILES string of the molecule is CC(=O)CCCCS(=O)(=O)C(C)C. The van der Waals surface area contributed by atoms with Crippen molar-refractivity contribution < 1.29 is 13.2 Å². The normalized spacial score (nSPS) is 12.0. The molecule has 0 saturated heterocycles. The van der Waals surface area contributed by atoms with Gasteiger partial charge in [-0.25, -0.2) is 8.42 Å². The van der Waals surface area contributed by atoms with Crippen LogP contribution in [0.25, 0.3) is 0 Å². The van der Waals surface area contributed by atoms with E-state index in [-0.39, 0.29) is 16.8 Å². The number of rotatable bonds is 6. The quantitative estimate of drug-likeness (QED) is 0.620. The topological polar surface area (TPSA) is 51.2 Å². The van der Waals surface area contributed by atoms with E-state index in [2.05, 4.69) is 0 Å². The maximum Gasteiger partial charge on any atom is 0.152 e. The third kappa shape index (κ3) is 5.80. The van der Waals surface area contributed by atoms with Gasteiger partial charge >= 0.3 is 0 Å². The van der Waals surface area contributed by atoms with E-state index in [4.69, 9.17) is 0 Å². The average Bonchev–Trinajstić information content (AvgIpc) is 1.97. The molecule has 0 heterocycles. The Balaban J connectivity index is 3.72. The fraction of sp³-hybridized carbons (Fsp3) is 0.889. The Morgan fingerprint density at radius 1 is 1.23 bits per heavy atom. The minimum absolute atomic E-state index is 0.127. The molecule has 0 fully saturated rings. The van der Waals surface area contributed by atoms with Crippen molar-refractivity contribution in [3.63, 3.8) is 0 Å². The molecule has 0 aliphatic heterocycles. The van der Waals surface area contributed by atoms with Crippen LogP contribution in [-0.4, -0.2) is 25.2 Å². The van der Waals surface area contributed by atoms with Crippen LogP contribution in [0.15, 0.2) is 0 Å². The highest BCUT2D eigenvalue weighted by atomic mass is 32.2. The molecule has 0 aromatic carbocycles. The van der Waals surface area contributed by atoms with E-state index < -0.39 is 9.84 Å². The van der Waals surface area contributed by atoms with Crippen molar-refractivity contribution in [1.29, 1.82) is 0 Å². The first-order valence-corrected chi connectivity index (χ1v) is 6.29. The maximum atomic E-state index is 11.3. The van der Waals surface area contributed by atoms with Crippen molar-refractivity contribution in [2.75, 3.05) is 5.75 Å². The zero-order chi connectivity index (χ0) is 10.5. The predicted octanol–water partition coefficient (Wildman–Crippen LogP) is 1.57. The van der Waals surface area contributed by atoms with Gasteiger partial charge in [0.05, 0.1) is 11.0 Å². The molecule has 13 heavy (non-hydrogen) atoms. The van der Waals surface area contributed by atoms with Crippen molar-refractivity contribution in [2.24, 2.45) is 0 Å². The Morgan fingerprint density at radius 2 is 1.77 bits per heavy atom. The Hall–Kier alpha value is -0.380. The number of hydrogen-bond donors (Lipinski definition) is 0. The van der Waals surface area contributed by atoms with E-state index in [1.165, 1.54) is 6.92 Å². The second kappa shape index (κ2) is 5.37. The number of Topliss-reactive ketones (excluding diaryl/α,β-unsaturated/α-hetero) is 1. The van der Waals surface area contributed by atoms with Crippen LogP contribution in [0, 0.1) is 0 Å². The van der Waals surface area contributed by atoms with Gasteiger partial charge < -0.3 is 4.79 Å². The molecular weight excluding hydrogens is 188 g/mol. The first-order valence-electron chi connectivity index (χ1n) is 4.57. The van der Waals surface area contributed by atoms with Crippen LogP contribution in [-0.2, 0) is 14.6 Å². The third-order valence-corrected chi connectivity index (χ3v) is 4.22. The van der Waals surface area contributed by atoms with Crippen LogP contribution in [0.2, 0.25) is 0 Å². The van der Waals surface area contributed by atoms with Gasteiger partial charge in [-0.3, -0.25) is 0 Å². The van der Waals surface area contributed by atoms with Gasteiger partial charge in [0.1, 0.15) is 5.78 Å². The number of carbonyl (C=O) groups excluding carboxylic acids is 1. The van der Waals surface area contributed by atoms with E-state index in [0.717, 1.165) is 0 Å². The van der Waals surface area contributed by atoms with E-state index in [9.17, 15) is 13.2 Å². The molecule has 0 aromatic heterocycles. The van der Waals surface area contributed by atoms with E-state index >= 15 is 0 Å². The molecule has 0 bridgehead atoms. The first-order chi connectivity index (χ1) is 5.86. The van der Waals surface area contributed by atoms with Gasteiger partial charge in [-0.2, -0.15) is 0 Å². The van der Waals surface area contributed by atoms with E-state index in [0.29, 0.717) is 19.3 Å². The lowest BCUT2D eigenvalue weighted by Crippen LogP contribution is -2.17. The summed E-state index contributed by atoms with van der Waals surface area (Å²) in [5.74, 6) is 0.333. The van der Waals surface area contributed by atoms with E-state index in [1.54, 1.807) is 13.8 Å².